The number of primary amides is 1. The molecule has 1 saturated heterocycles. The van der Waals surface area contributed by atoms with E-state index in [-0.39, 0.29) is 17.7 Å². The van der Waals surface area contributed by atoms with Gasteiger partial charge in [-0.2, -0.15) is 5.26 Å². The van der Waals surface area contributed by atoms with E-state index >= 15 is 0 Å². The molecular weight excluding hydrogens is 154 g/mol. The molecule has 0 saturated carbocycles. The molecule has 1 atom stereocenters. The predicted molar refractivity (Wildman–Crippen MR) is 43.9 cm³/mol. The molecule has 1 unspecified atom stereocenters. The van der Waals surface area contributed by atoms with Crippen molar-refractivity contribution in [3.8, 4) is 6.07 Å². The van der Waals surface area contributed by atoms with Crippen molar-refractivity contribution in [2.45, 2.75) is 6.92 Å². The quantitative estimate of drug-likeness (QED) is 0.619. The van der Waals surface area contributed by atoms with Gasteiger partial charge in [-0.25, -0.2) is 0 Å². The Bertz CT molecular complexity index is 215. The second-order valence-corrected chi connectivity index (χ2v) is 3.35. The Morgan fingerprint density at radius 1 is 1.83 bits per heavy atom. The predicted octanol–water partition coefficient (Wildman–Crippen LogP) is -0.437. The molecule has 2 N–H and O–H groups in total. The van der Waals surface area contributed by atoms with E-state index in [4.69, 9.17) is 11.0 Å². The average Bonchev–Trinajstić information content (AvgIpc) is 1.94. The molecular formula is C8H13N3O. The van der Waals surface area contributed by atoms with Crippen LogP contribution in [0.5, 0.6) is 0 Å². The fraction of sp³-hybridized carbons (Fsp3) is 0.750. The molecule has 0 spiro atoms. The SMILES string of the molecule is CC(C#N)CN1CC(C(N)=O)C1. The summed E-state index contributed by atoms with van der Waals surface area (Å²) in [5.41, 5.74) is 5.09. The van der Waals surface area contributed by atoms with Crippen molar-refractivity contribution in [3.63, 3.8) is 0 Å². The van der Waals surface area contributed by atoms with Crippen LogP contribution < -0.4 is 5.73 Å². The van der Waals surface area contributed by atoms with Crippen LogP contribution in [-0.2, 0) is 4.79 Å². The maximum atomic E-state index is 10.6. The Labute approximate surface area is 71.9 Å². The Kier molecular flexibility index (Phi) is 2.66. The summed E-state index contributed by atoms with van der Waals surface area (Å²) in [7, 11) is 0. The van der Waals surface area contributed by atoms with E-state index in [9.17, 15) is 4.79 Å². The molecule has 4 heteroatoms. The summed E-state index contributed by atoms with van der Waals surface area (Å²) in [6.07, 6.45) is 0. The monoisotopic (exact) mass is 167 g/mol. The number of likely N-dealkylation sites (tertiary alicyclic amines) is 1. The first kappa shape index (κ1) is 9.01. The third-order valence-corrected chi connectivity index (χ3v) is 2.11. The van der Waals surface area contributed by atoms with Gasteiger partial charge in [-0.1, -0.05) is 0 Å². The van der Waals surface area contributed by atoms with Gasteiger partial charge >= 0.3 is 0 Å². The molecule has 1 fully saturated rings. The van der Waals surface area contributed by atoms with Crippen LogP contribution in [0, 0.1) is 23.2 Å². The summed E-state index contributed by atoms with van der Waals surface area (Å²) < 4.78 is 0. The first-order chi connectivity index (χ1) is 5.63. The highest BCUT2D eigenvalue weighted by molar-refractivity contribution is 5.78. The second-order valence-electron chi connectivity index (χ2n) is 3.35. The number of amides is 1. The summed E-state index contributed by atoms with van der Waals surface area (Å²) >= 11 is 0. The normalized spacial score (nSPS) is 21.0. The van der Waals surface area contributed by atoms with Gasteiger partial charge in [0.2, 0.25) is 5.91 Å². The fourth-order valence-corrected chi connectivity index (χ4v) is 1.33. The minimum Gasteiger partial charge on any atom is -0.369 e. The number of rotatable bonds is 3. The highest BCUT2D eigenvalue weighted by Crippen LogP contribution is 2.15. The van der Waals surface area contributed by atoms with Crippen molar-refractivity contribution in [1.82, 2.24) is 4.90 Å². The molecule has 4 nitrogen and oxygen atoms in total. The van der Waals surface area contributed by atoms with E-state index in [2.05, 4.69) is 11.0 Å². The first-order valence-electron chi connectivity index (χ1n) is 4.04. The topological polar surface area (TPSA) is 70.1 Å². The van der Waals surface area contributed by atoms with Crippen molar-refractivity contribution in [1.29, 1.82) is 5.26 Å². The van der Waals surface area contributed by atoms with Crippen LogP contribution in [0.2, 0.25) is 0 Å². The number of nitrogens with zero attached hydrogens (tertiary/aromatic N) is 2. The summed E-state index contributed by atoms with van der Waals surface area (Å²) in [4.78, 5) is 12.7. The van der Waals surface area contributed by atoms with E-state index in [1.807, 2.05) is 6.92 Å². The van der Waals surface area contributed by atoms with Gasteiger partial charge in [0.25, 0.3) is 0 Å². The molecule has 1 aliphatic heterocycles. The molecule has 0 aromatic carbocycles. The molecule has 0 radical (unpaired) electrons. The molecule has 66 valence electrons. The van der Waals surface area contributed by atoms with Crippen LogP contribution in [0.3, 0.4) is 0 Å². The average molecular weight is 167 g/mol. The summed E-state index contributed by atoms with van der Waals surface area (Å²) in [5.74, 6) is -0.175. The van der Waals surface area contributed by atoms with Gasteiger partial charge in [0.15, 0.2) is 0 Å². The van der Waals surface area contributed by atoms with E-state index in [0.717, 1.165) is 19.6 Å². The van der Waals surface area contributed by atoms with Crippen LogP contribution in [0.1, 0.15) is 6.92 Å². The van der Waals surface area contributed by atoms with Crippen molar-refractivity contribution in [2.24, 2.45) is 17.6 Å². The van der Waals surface area contributed by atoms with Crippen LogP contribution in [-0.4, -0.2) is 30.4 Å². The van der Waals surface area contributed by atoms with Gasteiger partial charge in [-0.05, 0) is 6.92 Å². The molecule has 1 heterocycles. The van der Waals surface area contributed by atoms with Gasteiger partial charge < -0.3 is 10.6 Å². The van der Waals surface area contributed by atoms with E-state index in [1.165, 1.54) is 0 Å². The first-order valence-corrected chi connectivity index (χ1v) is 4.04. The lowest BCUT2D eigenvalue weighted by Crippen LogP contribution is -2.53. The number of nitriles is 1. The third kappa shape index (κ3) is 1.95. The summed E-state index contributed by atoms with van der Waals surface area (Å²) in [6.45, 7) is 4.07. The molecule has 0 bridgehead atoms. The van der Waals surface area contributed by atoms with Crippen molar-refractivity contribution < 1.29 is 4.79 Å². The zero-order valence-corrected chi connectivity index (χ0v) is 7.16. The number of hydrogen-bond donors (Lipinski definition) is 1. The van der Waals surface area contributed by atoms with Gasteiger partial charge in [0, 0.05) is 19.6 Å². The molecule has 12 heavy (non-hydrogen) atoms. The van der Waals surface area contributed by atoms with Crippen LogP contribution in [0.4, 0.5) is 0 Å². The number of carbonyl (C=O) groups excluding carboxylic acids is 1. The second kappa shape index (κ2) is 3.55. The van der Waals surface area contributed by atoms with E-state index in [1.54, 1.807) is 0 Å². The van der Waals surface area contributed by atoms with Crippen molar-refractivity contribution >= 4 is 5.91 Å². The lowest BCUT2D eigenvalue weighted by molar-refractivity contribution is -0.126. The van der Waals surface area contributed by atoms with Crippen LogP contribution >= 0.6 is 0 Å². The lowest BCUT2D eigenvalue weighted by Gasteiger charge is -2.37. The maximum Gasteiger partial charge on any atom is 0.223 e. The Morgan fingerprint density at radius 2 is 2.42 bits per heavy atom. The minimum atomic E-state index is -0.226. The third-order valence-electron chi connectivity index (χ3n) is 2.11. The Balaban J connectivity index is 2.19. The molecule has 0 aromatic rings. The lowest BCUT2D eigenvalue weighted by atomic mass is 9.98. The van der Waals surface area contributed by atoms with Gasteiger partial charge in [-0.3, -0.25) is 4.79 Å². The molecule has 1 aliphatic rings. The largest absolute Gasteiger partial charge is 0.369 e. The highest BCUT2D eigenvalue weighted by atomic mass is 16.1. The zero-order valence-electron chi connectivity index (χ0n) is 7.16. The van der Waals surface area contributed by atoms with Crippen LogP contribution in [0.15, 0.2) is 0 Å². The minimum absolute atomic E-state index is 0.0101. The molecule has 0 aromatic heterocycles. The summed E-state index contributed by atoms with van der Waals surface area (Å²) in [5, 5.41) is 8.51. The molecule has 1 rings (SSSR count). The maximum absolute atomic E-state index is 10.6. The van der Waals surface area contributed by atoms with Crippen molar-refractivity contribution in [3.05, 3.63) is 0 Å². The van der Waals surface area contributed by atoms with E-state index in [0.29, 0.717) is 0 Å². The fourth-order valence-electron chi connectivity index (χ4n) is 1.33. The zero-order chi connectivity index (χ0) is 9.14. The molecule has 1 amide bonds. The smallest absolute Gasteiger partial charge is 0.223 e. The number of nitrogens with two attached hydrogens (primary N) is 1. The standard InChI is InChI=1S/C8H13N3O/c1-6(2-9)3-11-4-7(5-11)8(10)12/h6-7H,3-5H2,1H3,(H2,10,12). The Hall–Kier alpha value is -1.08. The van der Waals surface area contributed by atoms with Crippen LogP contribution in [0.25, 0.3) is 0 Å². The van der Waals surface area contributed by atoms with Gasteiger partial charge in [0.1, 0.15) is 0 Å². The van der Waals surface area contributed by atoms with Gasteiger partial charge in [-0.15, -0.1) is 0 Å². The highest BCUT2D eigenvalue weighted by Gasteiger charge is 2.31. The molecule has 0 aliphatic carbocycles. The Morgan fingerprint density at radius 3 is 2.83 bits per heavy atom. The van der Waals surface area contributed by atoms with E-state index < -0.39 is 0 Å². The van der Waals surface area contributed by atoms with Gasteiger partial charge in [0.05, 0.1) is 17.9 Å². The summed E-state index contributed by atoms with van der Waals surface area (Å²) in [6, 6.07) is 2.15. The van der Waals surface area contributed by atoms with Crippen molar-refractivity contribution in [2.75, 3.05) is 19.6 Å². The number of carbonyl (C=O) groups is 1. The number of hydrogen-bond acceptors (Lipinski definition) is 3.